The summed E-state index contributed by atoms with van der Waals surface area (Å²) in [7, 11) is 4.93. The summed E-state index contributed by atoms with van der Waals surface area (Å²) in [6.45, 7) is 0.526. The van der Waals surface area contributed by atoms with Crippen molar-refractivity contribution in [3.63, 3.8) is 0 Å². The van der Waals surface area contributed by atoms with Gasteiger partial charge in [-0.15, -0.1) is 0 Å². The minimum Gasteiger partial charge on any atom is -0.493 e. The summed E-state index contributed by atoms with van der Waals surface area (Å²) in [5, 5.41) is 3.81. The average molecular weight is 444 g/mol. The average Bonchev–Trinajstić information content (AvgIpc) is 3.37. The molecule has 0 aromatic heterocycles. The molecule has 0 bridgehead atoms. The van der Waals surface area contributed by atoms with Gasteiger partial charge in [-0.1, -0.05) is 54.6 Å². The first-order chi connectivity index (χ1) is 16.2. The highest BCUT2D eigenvalue weighted by Crippen LogP contribution is 2.53. The molecule has 3 atom stereocenters. The van der Waals surface area contributed by atoms with Gasteiger partial charge in [-0.2, -0.15) is 0 Å². The lowest BCUT2D eigenvalue weighted by Gasteiger charge is -2.38. The molecule has 33 heavy (non-hydrogen) atoms. The highest BCUT2D eigenvalue weighted by atomic mass is 16.5. The van der Waals surface area contributed by atoms with Crippen molar-refractivity contribution in [3.05, 3.63) is 89.5 Å². The third-order valence-corrected chi connectivity index (χ3v) is 6.64. The summed E-state index contributed by atoms with van der Waals surface area (Å²) < 4.78 is 23.1. The lowest BCUT2D eigenvalue weighted by Crippen LogP contribution is -2.29. The van der Waals surface area contributed by atoms with Crippen molar-refractivity contribution in [2.75, 3.05) is 26.6 Å². The van der Waals surface area contributed by atoms with Gasteiger partial charge >= 0.3 is 0 Å². The molecule has 1 aliphatic heterocycles. The minimum absolute atomic E-state index is 0.0766. The molecule has 0 spiro atoms. The van der Waals surface area contributed by atoms with Gasteiger partial charge in [0.2, 0.25) is 5.75 Å². The Balaban J connectivity index is 1.52. The van der Waals surface area contributed by atoms with E-state index in [1.807, 2.05) is 36.4 Å². The van der Waals surface area contributed by atoms with E-state index in [-0.39, 0.29) is 6.04 Å². The molecule has 5 nitrogen and oxygen atoms in total. The maximum atomic E-state index is 6.29. The van der Waals surface area contributed by atoms with Gasteiger partial charge in [0, 0.05) is 5.92 Å². The number of nitrogens with one attached hydrogen (secondary N) is 1. The summed E-state index contributed by atoms with van der Waals surface area (Å²) >= 11 is 0. The molecule has 0 radical (unpaired) electrons. The quantitative estimate of drug-likeness (QED) is 0.446. The molecule has 2 aliphatic rings. The number of rotatable bonds is 7. The van der Waals surface area contributed by atoms with Crippen LogP contribution >= 0.6 is 0 Å². The first-order valence-corrected chi connectivity index (χ1v) is 11.3. The number of ether oxygens (including phenoxy) is 4. The topological polar surface area (TPSA) is 49.0 Å². The van der Waals surface area contributed by atoms with Crippen LogP contribution in [0.2, 0.25) is 0 Å². The van der Waals surface area contributed by atoms with E-state index in [2.05, 4.69) is 41.7 Å². The molecule has 3 aromatic carbocycles. The highest BCUT2D eigenvalue weighted by molar-refractivity contribution is 5.68. The van der Waals surface area contributed by atoms with Gasteiger partial charge in [0.05, 0.1) is 33.1 Å². The van der Waals surface area contributed by atoms with Gasteiger partial charge in [0.1, 0.15) is 12.4 Å². The van der Waals surface area contributed by atoms with Crippen molar-refractivity contribution in [3.8, 4) is 23.0 Å². The molecule has 0 fully saturated rings. The van der Waals surface area contributed by atoms with E-state index in [1.165, 1.54) is 5.56 Å². The maximum absolute atomic E-state index is 6.29. The van der Waals surface area contributed by atoms with E-state index in [0.29, 0.717) is 35.7 Å². The number of methoxy groups -OCH3 is 3. The van der Waals surface area contributed by atoms with Crippen LogP contribution in [0, 0.1) is 5.92 Å². The minimum atomic E-state index is 0.0766. The lowest BCUT2D eigenvalue weighted by atomic mass is 9.77. The molecule has 1 aliphatic carbocycles. The van der Waals surface area contributed by atoms with Crippen LogP contribution in [0.25, 0.3) is 0 Å². The molecule has 0 amide bonds. The fourth-order valence-corrected chi connectivity index (χ4v) is 5.06. The Bertz CT molecular complexity index is 1130. The Kier molecular flexibility index (Phi) is 5.86. The monoisotopic (exact) mass is 443 g/mol. The van der Waals surface area contributed by atoms with Crippen LogP contribution in [-0.2, 0) is 6.61 Å². The zero-order valence-corrected chi connectivity index (χ0v) is 19.2. The molecular formula is C28H29NO4. The molecule has 0 saturated heterocycles. The third-order valence-electron chi connectivity index (χ3n) is 6.64. The summed E-state index contributed by atoms with van der Waals surface area (Å²) in [5.41, 5.74) is 4.58. The van der Waals surface area contributed by atoms with Crippen molar-refractivity contribution in [2.45, 2.75) is 25.0 Å². The van der Waals surface area contributed by atoms with Crippen LogP contribution in [0.1, 0.15) is 35.1 Å². The van der Waals surface area contributed by atoms with E-state index >= 15 is 0 Å². The number of para-hydroxylation sites is 1. The summed E-state index contributed by atoms with van der Waals surface area (Å²) in [6, 6.07) is 20.8. The van der Waals surface area contributed by atoms with Crippen LogP contribution < -0.4 is 24.3 Å². The Hall–Kier alpha value is -3.60. The van der Waals surface area contributed by atoms with Crippen LogP contribution in [0.5, 0.6) is 23.0 Å². The van der Waals surface area contributed by atoms with Crippen molar-refractivity contribution >= 4 is 5.69 Å². The number of hydrogen-bond acceptors (Lipinski definition) is 5. The van der Waals surface area contributed by atoms with Crippen molar-refractivity contribution in [2.24, 2.45) is 5.92 Å². The van der Waals surface area contributed by atoms with E-state index in [0.717, 1.165) is 29.0 Å². The van der Waals surface area contributed by atoms with Crippen LogP contribution in [-0.4, -0.2) is 21.3 Å². The van der Waals surface area contributed by atoms with E-state index in [9.17, 15) is 0 Å². The van der Waals surface area contributed by atoms with Crippen molar-refractivity contribution in [1.82, 2.24) is 0 Å². The molecule has 3 aromatic rings. The zero-order chi connectivity index (χ0) is 22.8. The third kappa shape index (κ3) is 3.88. The summed E-state index contributed by atoms with van der Waals surface area (Å²) in [6.07, 6.45) is 5.62. The smallest absolute Gasteiger partial charge is 0.203 e. The van der Waals surface area contributed by atoms with Gasteiger partial charge in [-0.3, -0.25) is 0 Å². The fraction of sp³-hybridized carbons (Fsp3) is 0.286. The van der Waals surface area contributed by atoms with Gasteiger partial charge in [0.15, 0.2) is 11.5 Å². The van der Waals surface area contributed by atoms with Gasteiger partial charge in [-0.05, 0) is 47.2 Å². The second-order valence-electron chi connectivity index (χ2n) is 8.43. The first kappa shape index (κ1) is 21.3. The Morgan fingerprint density at radius 3 is 2.30 bits per heavy atom. The van der Waals surface area contributed by atoms with Crippen LogP contribution in [0.15, 0.2) is 72.8 Å². The standard InChI is InChI=1S/C28H29NO4/c1-30-24-15-19(16-25(31-2)28(24)32-3)26-21-12-7-11-20(21)22-13-8-14-23(27(22)29-26)33-17-18-9-5-4-6-10-18/h4-11,13-16,20-21,26,29H,12,17H2,1-3H3. The lowest BCUT2D eigenvalue weighted by molar-refractivity contribution is 0.304. The van der Waals surface area contributed by atoms with E-state index in [4.69, 9.17) is 18.9 Å². The molecular weight excluding hydrogens is 414 g/mol. The number of benzene rings is 3. The number of hydrogen-bond donors (Lipinski definition) is 1. The molecule has 5 heteroatoms. The fourth-order valence-electron chi connectivity index (χ4n) is 5.06. The summed E-state index contributed by atoms with van der Waals surface area (Å²) in [4.78, 5) is 0. The highest BCUT2D eigenvalue weighted by Gasteiger charge is 2.39. The molecule has 1 N–H and O–H groups in total. The van der Waals surface area contributed by atoms with Gasteiger partial charge < -0.3 is 24.3 Å². The first-order valence-electron chi connectivity index (χ1n) is 11.3. The zero-order valence-electron chi connectivity index (χ0n) is 19.2. The number of allylic oxidation sites excluding steroid dienone is 2. The molecule has 3 unspecified atom stereocenters. The molecule has 1 heterocycles. The number of anilines is 1. The van der Waals surface area contributed by atoms with E-state index < -0.39 is 0 Å². The van der Waals surface area contributed by atoms with Crippen LogP contribution in [0.4, 0.5) is 5.69 Å². The van der Waals surface area contributed by atoms with E-state index in [1.54, 1.807) is 21.3 Å². The SMILES string of the molecule is COc1cc(C2Nc3c(OCc4ccccc4)cccc3C3C=CCC32)cc(OC)c1OC. The van der Waals surface area contributed by atoms with Gasteiger partial charge in [-0.25, -0.2) is 0 Å². The largest absolute Gasteiger partial charge is 0.493 e. The Morgan fingerprint density at radius 2 is 1.61 bits per heavy atom. The predicted octanol–water partition coefficient (Wildman–Crippen LogP) is 6.12. The van der Waals surface area contributed by atoms with Crippen molar-refractivity contribution in [1.29, 1.82) is 0 Å². The normalized spacial score (nSPS) is 20.4. The second kappa shape index (κ2) is 9.10. The Morgan fingerprint density at radius 1 is 0.848 bits per heavy atom. The molecule has 170 valence electrons. The van der Waals surface area contributed by atoms with Crippen LogP contribution in [0.3, 0.4) is 0 Å². The summed E-state index contributed by atoms with van der Waals surface area (Å²) in [5.74, 6) is 3.52. The second-order valence-corrected chi connectivity index (χ2v) is 8.43. The maximum Gasteiger partial charge on any atom is 0.203 e. The molecule has 0 saturated carbocycles. The van der Waals surface area contributed by atoms with Gasteiger partial charge in [0.25, 0.3) is 0 Å². The Labute approximate surface area is 194 Å². The number of fused-ring (bicyclic) bond motifs is 3. The predicted molar refractivity (Wildman–Crippen MR) is 130 cm³/mol. The van der Waals surface area contributed by atoms with Crippen molar-refractivity contribution < 1.29 is 18.9 Å². The molecule has 5 rings (SSSR count).